The summed E-state index contributed by atoms with van der Waals surface area (Å²) in [5.74, 6) is 1.40. The Morgan fingerprint density at radius 3 is 2.48 bits per heavy atom. The van der Waals surface area contributed by atoms with E-state index in [0.29, 0.717) is 37.1 Å². The highest BCUT2D eigenvalue weighted by molar-refractivity contribution is 7.80. The Morgan fingerprint density at radius 2 is 1.89 bits per heavy atom. The van der Waals surface area contributed by atoms with Crippen LogP contribution < -0.4 is 19.9 Å². The van der Waals surface area contributed by atoms with Crippen molar-refractivity contribution in [3.63, 3.8) is 0 Å². The number of hydrogen-bond donors (Lipinski definition) is 1. The molecular formula is C18H20F3N4OS+. The van der Waals surface area contributed by atoms with E-state index in [2.05, 4.69) is 10.3 Å². The number of piperazine rings is 1. The van der Waals surface area contributed by atoms with Crippen LogP contribution in [0.25, 0.3) is 0 Å². The monoisotopic (exact) mass is 397 g/mol. The van der Waals surface area contributed by atoms with Crippen LogP contribution in [0.4, 0.5) is 24.7 Å². The van der Waals surface area contributed by atoms with Crippen molar-refractivity contribution in [1.29, 1.82) is 0 Å². The molecule has 1 fully saturated rings. The van der Waals surface area contributed by atoms with E-state index >= 15 is 0 Å². The first-order chi connectivity index (χ1) is 12.9. The van der Waals surface area contributed by atoms with Gasteiger partial charge in [-0.2, -0.15) is 13.2 Å². The van der Waals surface area contributed by atoms with Crippen molar-refractivity contribution in [2.45, 2.75) is 6.18 Å². The number of pyridine rings is 1. The van der Waals surface area contributed by atoms with Gasteiger partial charge in [-0.3, -0.25) is 4.90 Å². The number of benzene rings is 1. The number of nitrogens with zero attached hydrogens (tertiary/aromatic N) is 2. The smallest absolute Gasteiger partial charge is 0.419 e. The van der Waals surface area contributed by atoms with E-state index in [0.717, 1.165) is 23.7 Å². The molecule has 0 radical (unpaired) electrons. The van der Waals surface area contributed by atoms with E-state index in [1.807, 2.05) is 34.1 Å². The molecule has 5 nitrogen and oxygen atoms in total. The van der Waals surface area contributed by atoms with E-state index in [9.17, 15) is 13.2 Å². The first-order valence-electron chi connectivity index (χ1n) is 8.40. The zero-order chi connectivity index (χ0) is 19.4. The molecular weight excluding hydrogens is 377 g/mol. The van der Waals surface area contributed by atoms with E-state index in [4.69, 9.17) is 17.0 Å². The van der Waals surface area contributed by atoms with Gasteiger partial charge in [-0.1, -0.05) is 6.07 Å². The Balaban J connectivity index is 1.55. The number of aromatic nitrogens is 1. The molecule has 1 aliphatic rings. The fourth-order valence-electron chi connectivity index (χ4n) is 2.84. The fourth-order valence-corrected chi connectivity index (χ4v) is 3.14. The summed E-state index contributed by atoms with van der Waals surface area (Å²) in [4.78, 5) is 6.78. The van der Waals surface area contributed by atoms with Crippen LogP contribution in [-0.4, -0.2) is 43.3 Å². The minimum atomic E-state index is -4.34. The molecule has 0 unspecified atom stereocenters. The second-order valence-electron chi connectivity index (χ2n) is 6.10. The predicted molar refractivity (Wildman–Crippen MR) is 101 cm³/mol. The van der Waals surface area contributed by atoms with Gasteiger partial charge in [0.1, 0.15) is 25.0 Å². The van der Waals surface area contributed by atoms with Gasteiger partial charge in [-0.15, -0.1) is 0 Å². The van der Waals surface area contributed by atoms with Crippen LogP contribution in [0, 0.1) is 0 Å². The van der Waals surface area contributed by atoms with E-state index in [-0.39, 0.29) is 0 Å². The van der Waals surface area contributed by atoms with Gasteiger partial charge in [0.15, 0.2) is 5.11 Å². The molecule has 1 saturated heterocycles. The summed E-state index contributed by atoms with van der Waals surface area (Å²) in [5, 5.41) is 3.80. The lowest BCUT2D eigenvalue weighted by Crippen LogP contribution is -2.51. The molecule has 1 aliphatic heterocycles. The van der Waals surface area contributed by atoms with Crippen molar-refractivity contribution >= 4 is 28.8 Å². The Labute approximate surface area is 160 Å². The zero-order valence-corrected chi connectivity index (χ0v) is 15.5. The number of nitrogens with one attached hydrogen (secondary N) is 2. The normalized spacial score (nSPS) is 14.8. The van der Waals surface area contributed by atoms with Gasteiger partial charge in [0.25, 0.3) is 5.82 Å². The molecule has 144 valence electrons. The molecule has 0 amide bonds. The van der Waals surface area contributed by atoms with Gasteiger partial charge in [0, 0.05) is 17.8 Å². The summed E-state index contributed by atoms with van der Waals surface area (Å²) < 4.78 is 43.2. The lowest BCUT2D eigenvalue weighted by molar-refractivity contribution is -0.367. The Hall–Kier alpha value is -2.55. The molecule has 0 saturated carbocycles. The standard InChI is InChI=1S/C18H19F3N4OS/c1-26-15-4-2-3-14(11-15)23-17(27)25-9-7-24(8-10-25)16-6-5-13(12-22-16)18(19,20)21/h2-6,11-12H,7-10H2,1H3,(H,23,27)/p+1. The van der Waals surface area contributed by atoms with E-state index in [1.54, 1.807) is 7.11 Å². The van der Waals surface area contributed by atoms with Gasteiger partial charge in [-0.05, 0) is 30.4 Å². The van der Waals surface area contributed by atoms with Crippen LogP contribution in [0.3, 0.4) is 0 Å². The number of hydrogen-bond acceptors (Lipinski definition) is 3. The average molecular weight is 397 g/mol. The highest BCUT2D eigenvalue weighted by Gasteiger charge is 2.32. The summed E-state index contributed by atoms with van der Waals surface area (Å²) in [6.45, 7) is 2.65. The fraction of sp³-hybridized carbons (Fsp3) is 0.333. The maximum atomic E-state index is 12.7. The minimum absolute atomic E-state index is 0.610. The molecule has 0 atom stereocenters. The van der Waals surface area contributed by atoms with E-state index < -0.39 is 11.7 Å². The second kappa shape index (κ2) is 7.99. The van der Waals surface area contributed by atoms with Crippen molar-refractivity contribution in [2.24, 2.45) is 0 Å². The van der Waals surface area contributed by atoms with Gasteiger partial charge in [-0.25, -0.2) is 4.98 Å². The van der Waals surface area contributed by atoms with Crippen molar-refractivity contribution in [1.82, 2.24) is 4.90 Å². The molecule has 3 rings (SSSR count). The zero-order valence-electron chi connectivity index (χ0n) is 14.7. The number of H-pyrrole nitrogens is 1. The third kappa shape index (κ3) is 4.79. The Morgan fingerprint density at radius 1 is 1.15 bits per heavy atom. The number of halogens is 3. The summed E-state index contributed by atoms with van der Waals surface area (Å²) >= 11 is 5.47. The molecule has 1 aromatic carbocycles. The summed E-state index contributed by atoms with van der Waals surface area (Å²) in [5.41, 5.74) is 0.159. The van der Waals surface area contributed by atoms with Crippen LogP contribution in [0.15, 0.2) is 42.6 Å². The summed E-state index contributed by atoms with van der Waals surface area (Å²) in [7, 11) is 1.61. The van der Waals surface area contributed by atoms with Crippen molar-refractivity contribution < 1.29 is 22.9 Å². The number of thiocarbonyl (C=S) groups is 1. The van der Waals surface area contributed by atoms with Crippen LogP contribution >= 0.6 is 12.2 Å². The maximum absolute atomic E-state index is 12.7. The molecule has 2 heterocycles. The van der Waals surface area contributed by atoms with Crippen LogP contribution in [0.2, 0.25) is 0 Å². The van der Waals surface area contributed by atoms with Gasteiger partial charge in [0.2, 0.25) is 0 Å². The third-order valence-corrected chi connectivity index (χ3v) is 4.71. The van der Waals surface area contributed by atoms with Gasteiger partial charge < -0.3 is 15.0 Å². The molecule has 27 heavy (non-hydrogen) atoms. The van der Waals surface area contributed by atoms with Gasteiger partial charge in [0.05, 0.1) is 25.8 Å². The lowest BCUT2D eigenvalue weighted by Gasteiger charge is -2.32. The molecule has 2 aromatic rings. The number of rotatable bonds is 3. The minimum Gasteiger partial charge on any atom is -0.497 e. The van der Waals surface area contributed by atoms with Crippen molar-refractivity contribution in [2.75, 3.05) is 43.5 Å². The molecule has 9 heteroatoms. The molecule has 2 N–H and O–H groups in total. The molecule has 0 spiro atoms. The highest BCUT2D eigenvalue weighted by atomic mass is 32.1. The predicted octanol–water partition coefficient (Wildman–Crippen LogP) is 3.05. The Kier molecular flexibility index (Phi) is 5.69. The third-order valence-electron chi connectivity index (χ3n) is 4.35. The molecule has 1 aromatic heterocycles. The number of anilines is 2. The van der Waals surface area contributed by atoms with E-state index in [1.165, 1.54) is 6.07 Å². The summed E-state index contributed by atoms with van der Waals surface area (Å²) in [6, 6.07) is 10.1. The van der Waals surface area contributed by atoms with Crippen molar-refractivity contribution in [3.05, 3.63) is 48.2 Å². The molecule has 0 bridgehead atoms. The van der Waals surface area contributed by atoms with Crippen LogP contribution in [0.5, 0.6) is 5.75 Å². The number of ether oxygens (including phenoxy) is 1. The SMILES string of the molecule is COc1cccc(NC(=S)N2CCN(c3ccc(C(F)(F)F)c[nH+]3)CC2)c1. The highest BCUT2D eigenvalue weighted by Crippen LogP contribution is 2.28. The average Bonchev–Trinajstić information content (AvgIpc) is 2.67. The number of aromatic amines is 1. The maximum Gasteiger partial charge on any atom is 0.419 e. The quantitative estimate of drug-likeness (QED) is 0.807. The topological polar surface area (TPSA) is 41.9 Å². The van der Waals surface area contributed by atoms with Crippen molar-refractivity contribution in [3.8, 4) is 5.75 Å². The largest absolute Gasteiger partial charge is 0.497 e. The Bertz CT molecular complexity index is 790. The number of methoxy groups -OCH3 is 1. The molecule has 0 aliphatic carbocycles. The van der Waals surface area contributed by atoms with Gasteiger partial charge >= 0.3 is 6.18 Å². The van der Waals surface area contributed by atoms with Crippen LogP contribution in [0.1, 0.15) is 5.56 Å². The second-order valence-corrected chi connectivity index (χ2v) is 6.48. The first-order valence-corrected chi connectivity index (χ1v) is 8.81. The van der Waals surface area contributed by atoms with Crippen LogP contribution in [-0.2, 0) is 6.18 Å². The summed E-state index contributed by atoms with van der Waals surface area (Å²) in [6.07, 6.45) is -3.34. The number of alkyl halides is 3. The first kappa shape index (κ1) is 19.2. The lowest BCUT2D eigenvalue weighted by atomic mass is 10.2.